The lowest BCUT2D eigenvalue weighted by atomic mass is 10.1. The smallest absolute Gasteiger partial charge is 0.258 e. The number of pyridine rings is 2. The number of anilines is 2. The summed E-state index contributed by atoms with van der Waals surface area (Å²) in [6.45, 7) is 4.57. The van der Waals surface area contributed by atoms with Crippen molar-refractivity contribution < 1.29 is 4.79 Å². The van der Waals surface area contributed by atoms with E-state index in [9.17, 15) is 4.79 Å². The Morgan fingerprint density at radius 2 is 1.69 bits per heavy atom. The lowest BCUT2D eigenvalue weighted by molar-refractivity contribution is 0.0993. The molecule has 0 bridgehead atoms. The molecule has 0 saturated carbocycles. The van der Waals surface area contributed by atoms with Gasteiger partial charge in [0, 0.05) is 54.7 Å². The van der Waals surface area contributed by atoms with E-state index in [0.717, 1.165) is 34.0 Å². The molecule has 1 N–H and O–H groups in total. The molecular formula is C25H24N6O. The molecular weight excluding hydrogens is 400 g/mol. The van der Waals surface area contributed by atoms with E-state index >= 15 is 0 Å². The van der Waals surface area contributed by atoms with Gasteiger partial charge in [0.05, 0.1) is 0 Å². The summed E-state index contributed by atoms with van der Waals surface area (Å²) in [5.74, 6) is 1.31. The molecule has 7 heteroatoms. The van der Waals surface area contributed by atoms with Crippen molar-refractivity contribution in [1.82, 2.24) is 19.9 Å². The lowest BCUT2D eigenvalue weighted by Gasteiger charge is -2.18. The van der Waals surface area contributed by atoms with Crippen LogP contribution < -0.4 is 10.2 Å². The van der Waals surface area contributed by atoms with Crippen LogP contribution in [0.1, 0.15) is 27.2 Å². The Bertz CT molecular complexity index is 1210. The van der Waals surface area contributed by atoms with Gasteiger partial charge in [0.2, 0.25) is 0 Å². The van der Waals surface area contributed by atoms with E-state index in [0.29, 0.717) is 17.9 Å². The topological polar surface area (TPSA) is 83.9 Å². The number of carbonyl (C=O) groups excluding carboxylic acids is 1. The molecule has 4 aromatic rings. The van der Waals surface area contributed by atoms with Crippen LogP contribution in [0.2, 0.25) is 0 Å². The van der Waals surface area contributed by atoms with E-state index in [4.69, 9.17) is 0 Å². The maximum absolute atomic E-state index is 12.6. The Kier molecular flexibility index (Phi) is 6.17. The zero-order valence-corrected chi connectivity index (χ0v) is 18.3. The predicted molar refractivity (Wildman–Crippen MR) is 125 cm³/mol. The minimum atomic E-state index is -0.0765. The standard InChI is InChI=1S/C25H24N6O/c1-17-18(2)29-24(22-6-4-5-13-27-22)30-23(17)28-16-19-7-9-21(10-8-19)31(3)25(32)20-11-14-26-15-12-20/h4-15H,16H2,1-3H3,(H,28,29,30). The Morgan fingerprint density at radius 3 is 2.38 bits per heavy atom. The van der Waals surface area contributed by atoms with Crippen LogP contribution in [0.3, 0.4) is 0 Å². The van der Waals surface area contributed by atoms with Gasteiger partial charge in [0.15, 0.2) is 5.82 Å². The average molecular weight is 425 g/mol. The van der Waals surface area contributed by atoms with Gasteiger partial charge in [-0.25, -0.2) is 9.97 Å². The second kappa shape index (κ2) is 9.34. The first-order valence-corrected chi connectivity index (χ1v) is 10.3. The molecule has 0 atom stereocenters. The lowest BCUT2D eigenvalue weighted by Crippen LogP contribution is -2.26. The van der Waals surface area contributed by atoms with Crippen LogP contribution in [0.25, 0.3) is 11.5 Å². The zero-order chi connectivity index (χ0) is 22.5. The predicted octanol–water partition coefficient (Wildman–Crippen LogP) is 4.44. The van der Waals surface area contributed by atoms with Gasteiger partial charge in [-0.05, 0) is 55.8 Å². The van der Waals surface area contributed by atoms with Gasteiger partial charge < -0.3 is 10.2 Å². The minimum Gasteiger partial charge on any atom is -0.366 e. The number of hydrogen-bond acceptors (Lipinski definition) is 6. The van der Waals surface area contributed by atoms with Crippen molar-refractivity contribution in [2.75, 3.05) is 17.3 Å². The van der Waals surface area contributed by atoms with Crippen molar-refractivity contribution in [2.45, 2.75) is 20.4 Å². The highest BCUT2D eigenvalue weighted by molar-refractivity contribution is 6.05. The second-order valence-electron chi connectivity index (χ2n) is 7.44. The third-order valence-corrected chi connectivity index (χ3v) is 5.30. The number of hydrogen-bond donors (Lipinski definition) is 1. The van der Waals surface area contributed by atoms with Crippen LogP contribution >= 0.6 is 0 Å². The summed E-state index contributed by atoms with van der Waals surface area (Å²) in [5, 5.41) is 3.41. The van der Waals surface area contributed by atoms with Gasteiger partial charge in [-0.3, -0.25) is 14.8 Å². The van der Waals surface area contributed by atoms with Gasteiger partial charge in [-0.2, -0.15) is 0 Å². The molecule has 4 rings (SSSR count). The Balaban J connectivity index is 1.47. The van der Waals surface area contributed by atoms with Crippen molar-refractivity contribution in [2.24, 2.45) is 0 Å². The molecule has 1 aromatic carbocycles. The highest BCUT2D eigenvalue weighted by atomic mass is 16.2. The molecule has 0 fully saturated rings. The van der Waals surface area contributed by atoms with Gasteiger partial charge in [-0.1, -0.05) is 18.2 Å². The fraction of sp³-hybridized carbons (Fsp3) is 0.160. The van der Waals surface area contributed by atoms with Crippen molar-refractivity contribution in [1.29, 1.82) is 0 Å². The number of benzene rings is 1. The number of aromatic nitrogens is 4. The third kappa shape index (κ3) is 4.62. The van der Waals surface area contributed by atoms with E-state index in [2.05, 4.69) is 25.3 Å². The quantitative estimate of drug-likeness (QED) is 0.493. The first-order valence-electron chi connectivity index (χ1n) is 10.3. The summed E-state index contributed by atoms with van der Waals surface area (Å²) in [6.07, 6.45) is 4.97. The molecule has 0 unspecified atom stereocenters. The molecule has 0 spiro atoms. The van der Waals surface area contributed by atoms with Gasteiger partial charge in [-0.15, -0.1) is 0 Å². The molecule has 3 heterocycles. The first kappa shape index (κ1) is 21.1. The van der Waals surface area contributed by atoms with Crippen LogP contribution in [0.4, 0.5) is 11.5 Å². The first-order chi connectivity index (χ1) is 15.5. The number of carbonyl (C=O) groups is 1. The number of rotatable bonds is 6. The van der Waals surface area contributed by atoms with Crippen molar-refractivity contribution in [3.05, 3.63) is 95.6 Å². The van der Waals surface area contributed by atoms with Gasteiger partial charge in [0.1, 0.15) is 11.5 Å². The summed E-state index contributed by atoms with van der Waals surface area (Å²) >= 11 is 0. The van der Waals surface area contributed by atoms with Crippen LogP contribution in [-0.2, 0) is 6.54 Å². The second-order valence-corrected chi connectivity index (χ2v) is 7.44. The normalized spacial score (nSPS) is 10.6. The van der Waals surface area contributed by atoms with Crippen LogP contribution in [0.5, 0.6) is 0 Å². The molecule has 0 aliphatic heterocycles. The van der Waals surface area contributed by atoms with E-state index in [1.807, 2.05) is 56.3 Å². The molecule has 0 saturated heterocycles. The molecule has 0 aliphatic carbocycles. The molecule has 7 nitrogen and oxygen atoms in total. The third-order valence-electron chi connectivity index (χ3n) is 5.30. The molecule has 1 amide bonds. The van der Waals surface area contributed by atoms with Gasteiger partial charge >= 0.3 is 0 Å². The summed E-state index contributed by atoms with van der Waals surface area (Å²) in [4.78, 5) is 31.8. The van der Waals surface area contributed by atoms with Gasteiger partial charge in [0.25, 0.3) is 5.91 Å². The Labute approximate surface area is 187 Å². The largest absolute Gasteiger partial charge is 0.366 e. The molecule has 0 aliphatic rings. The van der Waals surface area contributed by atoms with E-state index in [1.165, 1.54) is 0 Å². The Hall–Kier alpha value is -4.13. The van der Waals surface area contributed by atoms with Crippen molar-refractivity contribution in [3.8, 4) is 11.5 Å². The minimum absolute atomic E-state index is 0.0765. The van der Waals surface area contributed by atoms with Crippen molar-refractivity contribution in [3.63, 3.8) is 0 Å². The molecule has 0 radical (unpaired) electrons. The summed E-state index contributed by atoms with van der Waals surface area (Å²) in [5.41, 5.74) is 5.16. The maximum atomic E-state index is 12.6. The number of nitrogens with one attached hydrogen (secondary N) is 1. The zero-order valence-electron chi connectivity index (χ0n) is 18.3. The molecule has 160 valence electrons. The van der Waals surface area contributed by atoms with Crippen molar-refractivity contribution >= 4 is 17.4 Å². The Morgan fingerprint density at radius 1 is 0.938 bits per heavy atom. The SMILES string of the molecule is Cc1nc(-c2ccccn2)nc(NCc2ccc(N(C)C(=O)c3ccncc3)cc2)c1C. The van der Waals surface area contributed by atoms with E-state index in [-0.39, 0.29) is 5.91 Å². The monoisotopic (exact) mass is 424 g/mol. The fourth-order valence-corrected chi connectivity index (χ4v) is 3.24. The highest BCUT2D eigenvalue weighted by Crippen LogP contribution is 2.22. The molecule has 3 aromatic heterocycles. The van der Waals surface area contributed by atoms with Crippen LogP contribution in [-0.4, -0.2) is 32.9 Å². The van der Waals surface area contributed by atoms with Crippen LogP contribution in [0, 0.1) is 13.8 Å². The fourth-order valence-electron chi connectivity index (χ4n) is 3.24. The summed E-state index contributed by atoms with van der Waals surface area (Å²) in [7, 11) is 1.77. The number of aryl methyl sites for hydroxylation is 1. The average Bonchev–Trinajstić information content (AvgIpc) is 2.85. The van der Waals surface area contributed by atoms with E-state index < -0.39 is 0 Å². The summed E-state index contributed by atoms with van der Waals surface area (Å²) in [6, 6.07) is 17.0. The maximum Gasteiger partial charge on any atom is 0.258 e. The number of nitrogens with zero attached hydrogens (tertiary/aromatic N) is 5. The molecule has 32 heavy (non-hydrogen) atoms. The summed E-state index contributed by atoms with van der Waals surface area (Å²) < 4.78 is 0. The van der Waals surface area contributed by atoms with Crippen LogP contribution in [0.15, 0.2) is 73.2 Å². The number of amides is 1. The van der Waals surface area contributed by atoms with E-state index in [1.54, 1.807) is 42.7 Å². The highest BCUT2D eigenvalue weighted by Gasteiger charge is 2.14.